The van der Waals surface area contributed by atoms with Gasteiger partial charge in [0.25, 0.3) is 0 Å². The first kappa shape index (κ1) is 16.7. The molecule has 1 saturated heterocycles. The molecule has 1 N–H and O–H groups in total. The number of halogens is 2. The van der Waals surface area contributed by atoms with Crippen LogP contribution in [0.25, 0.3) is 0 Å². The number of piperazine rings is 1. The fraction of sp³-hybridized carbons (Fsp3) is 0.412. The number of anilines is 1. The van der Waals surface area contributed by atoms with Gasteiger partial charge in [-0.05, 0) is 29.1 Å². The van der Waals surface area contributed by atoms with E-state index in [0.29, 0.717) is 11.2 Å². The van der Waals surface area contributed by atoms with E-state index in [1.54, 1.807) is 0 Å². The van der Waals surface area contributed by atoms with Crippen LogP contribution < -0.4 is 10.2 Å². The van der Waals surface area contributed by atoms with Crippen LogP contribution in [0.2, 0.25) is 5.28 Å². The summed E-state index contributed by atoms with van der Waals surface area (Å²) in [5.74, 6) is 1.24. The fourth-order valence-corrected chi connectivity index (χ4v) is 3.55. The second-order valence-electron chi connectivity index (χ2n) is 6.05. The number of rotatable bonds is 3. The van der Waals surface area contributed by atoms with Crippen molar-refractivity contribution < 1.29 is 0 Å². The molecule has 6 heteroatoms. The second kappa shape index (κ2) is 7.16. The van der Waals surface area contributed by atoms with E-state index in [1.165, 1.54) is 5.56 Å². The van der Waals surface area contributed by atoms with Crippen LogP contribution in [0, 0.1) is 0 Å². The molecular weight excluding hydrogens is 376 g/mol. The predicted octanol–water partition coefficient (Wildman–Crippen LogP) is 4.17. The Hall–Kier alpha value is -1.17. The summed E-state index contributed by atoms with van der Waals surface area (Å²) in [6.07, 6.45) is 0. The Balaban J connectivity index is 1.85. The van der Waals surface area contributed by atoms with Gasteiger partial charge in [0.1, 0.15) is 5.82 Å². The van der Waals surface area contributed by atoms with Crippen molar-refractivity contribution in [1.29, 1.82) is 0 Å². The largest absolute Gasteiger partial charge is 0.353 e. The average molecular weight is 396 g/mol. The summed E-state index contributed by atoms with van der Waals surface area (Å²) < 4.78 is 1.13. The van der Waals surface area contributed by atoms with Crippen molar-refractivity contribution in [1.82, 2.24) is 15.3 Å². The first-order valence-corrected chi connectivity index (χ1v) is 8.99. The summed E-state index contributed by atoms with van der Waals surface area (Å²) in [4.78, 5) is 11.0. The third-order valence-corrected chi connectivity index (χ3v) is 4.97. The molecule has 1 aromatic heterocycles. The normalized spacial score (nSPS) is 18.5. The number of benzene rings is 1. The zero-order valence-corrected chi connectivity index (χ0v) is 15.6. The molecule has 3 rings (SSSR count). The molecule has 0 aliphatic carbocycles. The SMILES string of the molecule is CC(C)c1cc(N2CCNC(c3ccccc3Br)C2)nc(Cl)n1. The summed E-state index contributed by atoms with van der Waals surface area (Å²) >= 11 is 9.76. The van der Waals surface area contributed by atoms with Crippen molar-refractivity contribution in [3.8, 4) is 0 Å². The van der Waals surface area contributed by atoms with Crippen LogP contribution in [0.3, 0.4) is 0 Å². The highest BCUT2D eigenvalue weighted by atomic mass is 79.9. The predicted molar refractivity (Wildman–Crippen MR) is 98.2 cm³/mol. The van der Waals surface area contributed by atoms with Gasteiger partial charge in [-0.3, -0.25) is 0 Å². The minimum absolute atomic E-state index is 0.260. The second-order valence-corrected chi connectivity index (χ2v) is 7.24. The summed E-state index contributed by atoms with van der Waals surface area (Å²) in [5, 5.41) is 3.90. The first-order valence-electron chi connectivity index (χ1n) is 7.82. The van der Waals surface area contributed by atoms with Crippen molar-refractivity contribution in [2.75, 3.05) is 24.5 Å². The van der Waals surface area contributed by atoms with Crippen molar-refractivity contribution in [2.24, 2.45) is 0 Å². The molecule has 1 atom stereocenters. The number of nitrogens with one attached hydrogen (secondary N) is 1. The van der Waals surface area contributed by atoms with E-state index in [0.717, 1.165) is 35.6 Å². The monoisotopic (exact) mass is 394 g/mol. The molecule has 2 aromatic rings. The minimum Gasteiger partial charge on any atom is -0.353 e. The molecule has 1 unspecified atom stereocenters. The molecule has 1 aromatic carbocycles. The lowest BCUT2D eigenvalue weighted by Gasteiger charge is -2.35. The van der Waals surface area contributed by atoms with E-state index in [2.05, 4.69) is 74.2 Å². The number of hydrogen-bond acceptors (Lipinski definition) is 4. The zero-order chi connectivity index (χ0) is 16.4. The van der Waals surface area contributed by atoms with E-state index in [9.17, 15) is 0 Å². The average Bonchev–Trinajstić information content (AvgIpc) is 2.55. The van der Waals surface area contributed by atoms with Crippen molar-refractivity contribution in [3.05, 3.63) is 51.3 Å². The van der Waals surface area contributed by atoms with E-state index >= 15 is 0 Å². The number of nitrogens with zero attached hydrogens (tertiary/aromatic N) is 3. The Morgan fingerprint density at radius 3 is 2.83 bits per heavy atom. The molecule has 0 bridgehead atoms. The van der Waals surface area contributed by atoms with E-state index in [-0.39, 0.29) is 6.04 Å². The maximum atomic E-state index is 6.12. The highest BCUT2D eigenvalue weighted by Crippen LogP contribution is 2.28. The van der Waals surface area contributed by atoms with Gasteiger partial charge in [0.05, 0.1) is 11.7 Å². The molecule has 122 valence electrons. The molecule has 2 heterocycles. The van der Waals surface area contributed by atoms with Gasteiger partial charge in [0.2, 0.25) is 5.28 Å². The van der Waals surface area contributed by atoms with Gasteiger partial charge in [-0.15, -0.1) is 0 Å². The molecule has 1 fully saturated rings. The Labute approximate surface area is 150 Å². The standard InChI is InChI=1S/C17H20BrClN4/c1-11(2)14-9-16(22-17(19)21-14)23-8-7-20-15(10-23)12-5-3-4-6-13(12)18/h3-6,9,11,15,20H,7-8,10H2,1-2H3. The molecule has 1 aliphatic heterocycles. The maximum absolute atomic E-state index is 6.12. The van der Waals surface area contributed by atoms with Crippen molar-refractivity contribution >= 4 is 33.3 Å². The van der Waals surface area contributed by atoms with E-state index in [4.69, 9.17) is 11.6 Å². The summed E-state index contributed by atoms with van der Waals surface area (Å²) in [5.41, 5.74) is 2.25. The van der Waals surface area contributed by atoms with Crippen LogP contribution in [0.15, 0.2) is 34.8 Å². The number of aromatic nitrogens is 2. The molecule has 0 amide bonds. The van der Waals surface area contributed by atoms with Crippen LogP contribution in [-0.2, 0) is 0 Å². The van der Waals surface area contributed by atoms with Crippen LogP contribution in [0.1, 0.15) is 37.1 Å². The Morgan fingerprint density at radius 2 is 2.09 bits per heavy atom. The molecule has 0 saturated carbocycles. The third kappa shape index (κ3) is 3.84. The summed E-state index contributed by atoms with van der Waals surface area (Å²) in [7, 11) is 0. The number of hydrogen-bond donors (Lipinski definition) is 1. The Kier molecular flexibility index (Phi) is 5.19. The van der Waals surface area contributed by atoms with Crippen LogP contribution in [0.5, 0.6) is 0 Å². The molecule has 0 radical (unpaired) electrons. The van der Waals surface area contributed by atoms with E-state index in [1.807, 2.05) is 6.07 Å². The quantitative estimate of drug-likeness (QED) is 0.792. The first-order chi connectivity index (χ1) is 11.0. The third-order valence-electron chi connectivity index (χ3n) is 4.08. The minimum atomic E-state index is 0.260. The van der Waals surface area contributed by atoms with Crippen molar-refractivity contribution in [2.45, 2.75) is 25.8 Å². The molecule has 4 nitrogen and oxygen atoms in total. The van der Waals surface area contributed by atoms with Crippen LogP contribution in [0.4, 0.5) is 5.82 Å². The van der Waals surface area contributed by atoms with Gasteiger partial charge in [0, 0.05) is 30.2 Å². The van der Waals surface area contributed by atoms with Crippen LogP contribution >= 0.6 is 27.5 Å². The van der Waals surface area contributed by atoms with E-state index < -0.39 is 0 Å². The van der Waals surface area contributed by atoms with Gasteiger partial charge in [-0.25, -0.2) is 9.97 Å². The molecule has 23 heavy (non-hydrogen) atoms. The smallest absolute Gasteiger partial charge is 0.224 e. The van der Waals surface area contributed by atoms with Gasteiger partial charge in [0.15, 0.2) is 0 Å². The zero-order valence-electron chi connectivity index (χ0n) is 13.3. The summed E-state index contributed by atoms with van der Waals surface area (Å²) in [6.45, 7) is 6.90. The Morgan fingerprint density at radius 1 is 1.30 bits per heavy atom. The highest BCUT2D eigenvalue weighted by molar-refractivity contribution is 9.10. The molecular formula is C17H20BrClN4. The molecule has 1 aliphatic rings. The molecule has 0 spiro atoms. The van der Waals surface area contributed by atoms with Crippen LogP contribution in [-0.4, -0.2) is 29.6 Å². The van der Waals surface area contributed by atoms with Gasteiger partial charge in [-0.2, -0.15) is 0 Å². The lowest BCUT2D eigenvalue weighted by molar-refractivity contribution is 0.468. The lowest BCUT2D eigenvalue weighted by Crippen LogP contribution is -2.46. The summed E-state index contributed by atoms with van der Waals surface area (Å²) in [6, 6.07) is 10.6. The highest BCUT2D eigenvalue weighted by Gasteiger charge is 2.24. The Bertz CT molecular complexity index is 692. The lowest BCUT2D eigenvalue weighted by atomic mass is 10.0. The van der Waals surface area contributed by atoms with Crippen molar-refractivity contribution in [3.63, 3.8) is 0 Å². The topological polar surface area (TPSA) is 41.0 Å². The maximum Gasteiger partial charge on any atom is 0.224 e. The van der Waals surface area contributed by atoms with Gasteiger partial charge >= 0.3 is 0 Å². The van der Waals surface area contributed by atoms with Gasteiger partial charge in [-0.1, -0.05) is 48.0 Å². The van der Waals surface area contributed by atoms with Gasteiger partial charge < -0.3 is 10.2 Å². The fourth-order valence-electron chi connectivity index (χ4n) is 2.80.